The van der Waals surface area contributed by atoms with E-state index >= 15 is 0 Å². The highest BCUT2D eigenvalue weighted by atomic mass is 15.3. The van der Waals surface area contributed by atoms with Gasteiger partial charge in [-0.05, 0) is 38.8 Å². The van der Waals surface area contributed by atoms with E-state index in [0.717, 1.165) is 23.8 Å². The third-order valence-electron chi connectivity index (χ3n) is 3.45. The molecule has 1 atom stereocenters. The zero-order valence-corrected chi connectivity index (χ0v) is 9.98. The van der Waals surface area contributed by atoms with Gasteiger partial charge in [0, 0.05) is 24.3 Å². The Labute approximate surface area is 96.8 Å². The molecule has 0 amide bonds. The standard InChI is InChI=1S/C12H20N4/c1-9(10-5-6-10)16(2)8-11-4-3-7-14-12(11)15-13/h3-4,7,9-10H,5-6,8,13H2,1-2H3,(H,14,15). The van der Waals surface area contributed by atoms with Crippen LogP contribution >= 0.6 is 0 Å². The van der Waals surface area contributed by atoms with Crippen molar-refractivity contribution in [1.82, 2.24) is 9.88 Å². The van der Waals surface area contributed by atoms with Crippen LogP contribution in [0.2, 0.25) is 0 Å². The average molecular weight is 220 g/mol. The molecule has 1 fully saturated rings. The van der Waals surface area contributed by atoms with E-state index in [1.54, 1.807) is 6.20 Å². The molecule has 1 heterocycles. The van der Waals surface area contributed by atoms with Crippen LogP contribution in [-0.4, -0.2) is 23.0 Å². The number of hydrogen-bond donors (Lipinski definition) is 2. The quantitative estimate of drug-likeness (QED) is 0.584. The van der Waals surface area contributed by atoms with Gasteiger partial charge in [0.1, 0.15) is 5.82 Å². The number of nitrogens with one attached hydrogen (secondary N) is 1. The Bertz CT molecular complexity index is 349. The molecule has 0 saturated heterocycles. The number of pyridine rings is 1. The monoisotopic (exact) mass is 220 g/mol. The summed E-state index contributed by atoms with van der Waals surface area (Å²) in [6.45, 7) is 3.19. The highest BCUT2D eigenvalue weighted by Crippen LogP contribution is 2.35. The van der Waals surface area contributed by atoms with Gasteiger partial charge in [-0.2, -0.15) is 0 Å². The van der Waals surface area contributed by atoms with Gasteiger partial charge in [-0.3, -0.25) is 4.90 Å². The maximum absolute atomic E-state index is 5.44. The molecule has 1 aliphatic carbocycles. The number of aromatic nitrogens is 1. The van der Waals surface area contributed by atoms with Gasteiger partial charge in [-0.1, -0.05) is 6.07 Å². The van der Waals surface area contributed by atoms with Crippen molar-refractivity contribution in [2.24, 2.45) is 11.8 Å². The molecule has 1 unspecified atom stereocenters. The predicted octanol–water partition coefficient (Wildman–Crippen LogP) is 1.60. The van der Waals surface area contributed by atoms with Crippen LogP contribution in [0.4, 0.5) is 5.82 Å². The van der Waals surface area contributed by atoms with Crippen LogP contribution in [0.15, 0.2) is 18.3 Å². The van der Waals surface area contributed by atoms with Crippen LogP contribution in [0.25, 0.3) is 0 Å². The Morgan fingerprint density at radius 1 is 1.62 bits per heavy atom. The van der Waals surface area contributed by atoms with E-state index in [4.69, 9.17) is 5.84 Å². The number of nitrogens with two attached hydrogens (primary N) is 1. The van der Waals surface area contributed by atoms with Crippen molar-refractivity contribution in [3.8, 4) is 0 Å². The summed E-state index contributed by atoms with van der Waals surface area (Å²) < 4.78 is 0. The van der Waals surface area contributed by atoms with Gasteiger partial charge in [0.15, 0.2) is 0 Å². The van der Waals surface area contributed by atoms with Gasteiger partial charge in [-0.15, -0.1) is 0 Å². The van der Waals surface area contributed by atoms with E-state index in [1.165, 1.54) is 12.8 Å². The Kier molecular flexibility index (Phi) is 3.41. The number of nitrogens with zero attached hydrogens (tertiary/aromatic N) is 2. The first-order valence-electron chi connectivity index (χ1n) is 5.83. The van der Waals surface area contributed by atoms with Crippen molar-refractivity contribution in [2.45, 2.75) is 32.4 Å². The number of rotatable bonds is 5. The molecule has 4 heteroatoms. The maximum Gasteiger partial charge on any atom is 0.144 e. The van der Waals surface area contributed by atoms with Crippen molar-refractivity contribution >= 4 is 5.82 Å². The second-order valence-electron chi connectivity index (χ2n) is 4.65. The topological polar surface area (TPSA) is 54.2 Å². The Morgan fingerprint density at radius 3 is 3.00 bits per heavy atom. The molecule has 0 spiro atoms. The minimum Gasteiger partial charge on any atom is -0.308 e. The van der Waals surface area contributed by atoms with Crippen molar-refractivity contribution in [1.29, 1.82) is 0 Å². The first kappa shape index (κ1) is 11.4. The summed E-state index contributed by atoms with van der Waals surface area (Å²) in [6, 6.07) is 4.66. The fourth-order valence-electron chi connectivity index (χ4n) is 2.05. The lowest BCUT2D eigenvalue weighted by Gasteiger charge is -2.25. The normalized spacial score (nSPS) is 17.5. The van der Waals surface area contributed by atoms with Crippen LogP contribution < -0.4 is 11.3 Å². The highest BCUT2D eigenvalue weighted by molar-refractivity contribution is 5.42. The molecule has 0 bridgehead atoms. The minimum absolute atomic E-state index is 0.644. The molecule has 16 heavy (non-hydrogen) atoms. The van der Waals surface area contributed by atoms with Gasteiger partial charge in [0.05, 0.1) is 0 Å². The lowest BCUT2D eigenvalue weighted by atomic mass is 10.1. The van der Waals surface area contributed by atoms with E-state index in [1.807, 2.05) is 6.07 Å². The molecular formula is C12H20N4. The molecule has 4 nitrogen and oxygen atoms in total. The summed E-state index contributed by atoms with van der Waals surface area (Å²) in [4.78, 5) is 6.58. The summed E-state index contributed by atoms with van der Waals surface area (Å²) in [5.74, 6) is 7.10. The zero-order chi connectivity index (χ0) is 11.5. The van der Waals surface area contributed by atoms with E-state index in [2.05, 4.69) is 35.3 Å². The second kappa shape index (κ2) is 4.80. The van der Waals surface area contributed by atoms with Crippen molar-refractivity contribution < 1.29 is 0 Å². The van der Waals surface area contributed by atoms with E-state index < -0.39 is 0 Å². The van der Waals surface area contributed by atoms with Crippen molar-refractivity contribution in [3.05, 3.63) is 23.9 Å². The van der Waals surface area contributed by atoms with Gasteiger partial charge < -0.3 is 5.43 Å². The summed E-state index contributed by atoms with van der Waals surface area (Å²) in [5, 5.41) is 0. The third kappa shape index (κ3) is 2.51. The lowest BCUT2D eigenvalue weighted by Crippen LogP contribution is -2.30. The van der Waals surface area contributed by atoms with Gasteiger partial charge in [-0.25, -0.2) is 10.8 Å². The largest absolute Gasteiger partial charge is 0.308 e. The molecule has 1 aliphatic rings. The van der Waals surface area contributed by atoms with Gasteiger partial charge in [0.2, 0.25) is 0 Å². The fourth-order valence-corrected chi connectivity index (χ4v) is 2.05. The maximum atomic E-state index is 5.44. The zero-order valence-electron chi connectivity index (χ0n) is 9.98. The van der Waals surface area contributed by atoms with Gasteiger partial charge in [0.25, 0.3) is 0 Å². The average Bonchev–Trinajstić information content (AvgIpc) is 3.12. The van der Waals surface area contributed by atoms with Crippen molar-refractivity contribution in [2.75, 3.05) is 12.5 Å². The Balaban J connectivity index is 2.01. The fraction of sp³-hybridized carbons (Fsp3) is 0.583. The third-order valence-corrected chi connectivity index (χ3v) is 3.45. The minimum atomic E-state index is 0.644. The molecular weight excluding hydrogens is 200 g/mol. The van der Waals surface area contributed by atoms with Crippen molar-refractivity contribution in [3.63, 3.8) is 0 Å². The molecule has 0 aromatic carbocycles. The summed E-state index contributed by atoms with van der Waals surface area (Å²) in [7, 11) is 2.16. The van der Waals surface area contributed by atoms with Crippen LogP contribution in [-0.2, 0) is 6.54 Å². The molecule has 3 N–H and O–H groups in total. The highest BCUT2D eigenvalue weighted by Gasteiger charge is 2.30. The SMILES string of the molecule is CC(C1CC1)N(C)Cc1cccnc1NN. The smallest absolute Gasteiger partial charge is 0.144 e. The molecule has 1 saturated carbocycles. The molecule has 0 radical (unpaired) electrons. The first-order valence-corrected chi connectivity index (χ1v) is 5.83. The van der Waals surface area contributed by atoms with Crippen LogP contribution in [0, 0.1) is 5.92 Å². The van der Waals surface area contributed by atoms with Crippen LogP contribution in [0.3, 0.4) is 0 Å². The lowest BCUT2D eigenvalue weighted by molar-refractivity contribution is 0.226. The van der Waals surface area contributed by atoms with E-state index in [0.29, 0.717) is 6.04 Å². The van der Waals surface area contributed by atoms with Crippen LogP contribution in [0.5, 0.6) is 0 Å². The molecule has 2 rings (SSSR count). The number of hydrazine groups is 1. The number of hydrogen-bond acceptors (Lipinski definition) is 4. The second-order valence-corrected chi connectivity index (χ2v) is 4.65. The first-order chi connectivity index (χ1) is 7.72. The predicted molar refractivity (Wildman–Crippen MR) is 65.7 cm³/mol. The van der Waals surface area contributed by atoms with E-state index in [9.17, 15) is 0 Å². The Hall–Kier alpha value is -1.13. The summed E-state index contributed by atoms with van der Waals surface area (Å²) in [5.41, 5.74) is 3.80. The summed E-state index contributed by atoms with van der Waals surface area (Å²) >= 11 is 0. The summed E-state index contributed by atoms with van der Waals surface area (Å²) in [6.07, 6.45) is 4.50. The number of nitrogen functional groups attached to an aromatic ring is 1. The van der Waals surface area contributed by atoms with Crippen LogP contribution in [0.1, 0.15) is 25.3 Å². The molecule has 1 aromatic rings. The molecule has 1 aromatic heterocycles. The Morgan fingerprint density at radius 2 is 2.38 bits per heavy atom. The number of anilines is 1. The van der Waals surface area contributed by atoms with Gasteiger partial charge >= 0.3 is 0 Å². The molecule has 88 valence electrons. The van der Waals surface area contributed by atoms with E-state index in [-0.39, 0.29) is 0 Å². The molecule has 0 aliphatic heterocycles.